The summed E-state index contributed by atoms with van der Waals surface area (Å²) in [6, 6.07) is 8.80. The van der Waals surface area contributed by atoms with E-state index in [2.05, 4.69) is 49.9 Å². The number of nitrogens with two attached hydrogens (primary N) is 1. The van der Waals surface area contributed by atoms with Crippen LogP contribution in [0.5, 0.6) is 0 Å². The second-order valence-corrected chi connectivity index (χ2v) is 6.05. The summed E-state index contributed by atoms with van der Waals surface area (Å²) in [4.78, 5) is 2.34. The van der Waals surface area contributed by atoms with Crippen molar-refractivity contribution in [1.29, 1.82) is 0 Å². The van der Waals surface area contributed by atoms with Crippen molar-refractivity contribution in [3.63, 3.8) is 0 Å². The normalized spacial score (nSPS) is 28.1. The highest BCUT2D eigenvalue weighted by atomic mass is 16.3. The molecule has 106 valence electrons. The van der Waals surface area contributed by atoms with Gasteiger partial charge < -0.3 is 10.8 Å². The third-order valence-electron chi connectivity index (χ3n) is 4.23. The quantitative estimate of drug-likeness (QED) is 0.877. The summed E-state index contributed by atoms with van der Waals surface area (Å²) in [5.41, 5.74) is 8.73. The Labute approximate surface area is 116 Å². The van der Waals surface area contributed by atoms with Crippen molar-refractivity contribution in [2.24, 2.45) is 11.7 Å². The second-order valence-electron chi connectivity index (χ2n) is 6.05. The predicted octanol–water partition coefficient (Wildman–Crippen LogP) is 2.09. The summed E-state index contributed by atoms with van der Waals surface area (Å²) in [5.74, 6) is 0.391. The van der Waals surface area contributed by atoms with E-state index in [1.165, 1.54) is 11.1 Å². The Kier molecular flexibility index (Phi) is 4.61. The number of aryl methyl sites for hydroxylation is 1. The maximum absolute atomic E-state index is 10.1. The molecule has 1 aromatic carbocycles. The van der Waals surface area contributed by atoms with Crippen LogP contribution in [0, 0.1) is 12.8 Å². The highest BCUT2D eigenvalue weighted by Gasteiger charge is 2.31. The van der Waals surface area contributed by atoms with E-state index in [9.17, 15) is 5.11 Å². The standard InChI is InChI=1S/C16H26N2O/c1-11-5-4-6-14(9-11)16(13(3)17)18-8-7-12(2)15(19)10-18/h4-6,9,12-13,15-16,19H,7-8,10,17H2,1-3H3. The van der Waals surface area contributed by atoms with Gasteiger partial charge in [0.15, 0.2) is 0 Å². The minimum Gasteiger partial charge on any atom is -0.392 e. The molecule has 19 heavy (non-hydrogen) atoms. The molecule has 0 amide bonds. The Morgan fingerprint density at radius 2 is 2.16 bits per heavy atom. The highest BCUT2D eigenvalue weighted by Crippen LogP contribution is 2.29. The number of hydrogen-bond acceptors (Lipinski definition) is 3. The molecule has 0 aromatic heterocycles. The molecule has 1 heterocycles. The largest absolute Gasteiger partial charge is 0.392 e. The molecule has 2 rings (SSSR count). The molecule has 0 saturated carbocycles. The third-order valence-corrected chi connectivity index (χ3v) is 4.23. The Balaban J connectivity index is 2.21. The first kappa shape index (κ1) is 14.5. The summed E-state index contributed by atoms with van der Waals surface area (Å²) < 4.78 is 0. The van der Waals surface area contributed by atoms with E-state index in [-0.39, 0.29) is 18.2 Å². The molecule has 3 nitrogen and oxygen atoms in total. The van der Waals surface area contributed by atoms with E-state index in [4.69, 9.17) is 5.73 Å². The Bertz CT molecular complexity index is 419. The predicted molar refractivity (Wildman–Crippen MR) is 78.9 cm³/mol. The minimum absolute atomic E-state index is 0.0578. The molecule has 1 fully saturated rings. The molecule has 0 radical (unpaired) electrons. The summed E-state index contributed by atoms with van der Waals surface area (Å²) in [6.07, 6.45) is 0.802. The lowest BCUT2D eigenvalue weighted by Gasteiger charge is -2.41. The zero-order valence-electron chi connectivity index (χ0n) is 12.2. The number of β-amino-alcohol motifs (C(OH)–C–C–N with tert-alkyl or cyclic N) is 1. The fourth-order valence-corrected chi connectivity index (χ4v) is 3.03. The molecule has 1 saturated heterocycles. The maximum Gasteiger partial charge on any atom is 0.0693 e. The molecule has 0 spiro atoms. The van der Waals surface area contributed by atoms with Gasteiger partial charge in [0.05, 0.1) is 6.10 Å². The van der Waals surface area contributed by atoms with Crippen LogP contribution in [0.3, 0.4) is 0 Å². The fourth-order valence-electron chi connectivity index (χ4n) is 3.03. The van der Waals surface area contributed by atoms with Crippen molar-refractivity contribution in [2.45, 2.75) is 45.4 Å². The van der Waals surface area contributed by atoms with Gasteiger partial charge in [0.2, 0.25) is 0 Å². The number of likely N-dealkylation sites (tertiary alicyclic amines) is 1. The van der Waals surface area contributed by atoms with Crippen molar-refractivity contribution >= 4 is 0 Å². The Morgan fingerprint density at radius 1 is 1.42 bits per heavy atom. The van der Waals surface area contributed by atoms with Crippen molar-refractivity contribution < 1.29 is 5.11 Å². The molecule has 4 atom stereocenters. The van der Waals surface area contributed by atoms with E-state index in [1.807, 2.05) is 0 Å². The number of aliphatic hydroxyl groups is 1. The molecular weight excluding hydrogens is 236 g/mol. The first-order valence-corrected chi connectivity index (χ1v) is 7.23. The van der Waals surface area contributed by atoms with Gasteiger partial charge in [-0.3, -0.25) is 4.90 Å². The maximum atomic E-state index is 10.1. The number of nitrogens with zero attached hydrogens (tertiary/aromatic N) is 1. The van der Waals surface area contributed by atoms with Crippen LogP contribution in [-0.2, 0) is 0 Å². The summed E-state index contributed by atoms with van der Waals surface area (Å²) in [5, 5.41) is 10.1. The van der Waals surface area contributed by atoms with Gasteiger partial charge in [-0.15, -0.1) is 0 Å². The first-order chi connectivity index (χ1) is 8.99. The Hall–Kier alpha value is -0.900. The van der Waals surface area contributed by atoms with E-state index in [0.717, 1.165) is 19.5 Å². The summed E-state index contributed by atoms with van der Waals surface area (Å²) in [6.45, 7) is 8.02. The number of benzene rings is 1. The molecule has 0 aliphatic carbocycles. The molecule has 1 aromatic rings. The van der Waals surface area contributed by atoms with Crippen LogP contribution in [-0.4, -0.2) is 35.2 Å². The average molecular weight is 262 g/mol. The van der Waals surface area contributed by atoms with Crippen molar-refractivity contribution in [3.8, 4) is 0 Å². The van der Waals surface area contributed by atoms with E-state index in [1.54, 1.807) is 0 Å². The monoisotopic (exact) mass is 262 g/mol. The molecule has 3 heteroatoms. The van der Waals surface area contributed by atoms with Crippen LogP contribution in [0.15, 0.2) is 24.3 Å². The van der Waals surface area contributed by atoms with E-state index >= 15 is 0 Å². The van der Waals surface area contributed by atoms with Gasteiger partial charge in [-0.1, -0.05) is 36.8 Å². The lowest BCUT2D eigenvalue weighted by atomic mass is 9.91. The highest BCUT2D eigenvalue weighted by molar-refractivity contribution is 5.26. The summed E-state index contributed by atoms with van der Waals surface area (Å²) >= 11 is 0. The fraction of sp³-hybridized carbons (Fsp3) is 0.625. The summed E-state index contributed by atoms with van der Waals surface area (Å²) in [7, 11) is 0. The molecule has 0 bridgehead atoms. The molecule has 1 aliphatic rings. The Morgan fingerprint density at radius 3 is 2.74 bits per heavy atom. The molecule has 4 unspecified atom stereocenters. The SMILES string of the molecule is Cc1cccc(C(C(C)N)N2CCC(C)C(O)C2)c1. The molecular formula is C16H26N2O. The van der Waals surface area contributed by atoms with Gasteiger partial charge in [-0.05, 0) is 38.3 Å². The van der Waals surface area contributed by atoms with Gasteiger partial charge in [0.1, 0.15) is 0 Å². The topological polar surface area (TPSA) is 49.5 Å². The average Bonchev–Trinajstić information content (AvgIpc) is 2.33. The second kappa shape index (κ2) is 6.04. The van der Waals surface area contributed by atoms with Crippen molar-refractivity contribution in [1.82, 2.24) is 4.90 Å². The van der Waals surface area contributed by atoms with Crippen LogP contribution in [0.4, 0.5) is 0 Å². The van der Waals surface area contributed by atoms with Gasteiger partial charge >= 0.3 is 0 Å². The van der Waals surface area contributed by atoms with Gasteiger partial charge in [0.25, 0.3) is 0 Å². The van der Waals surface area contributed by atoms with Gasteiger partial charge in [0, 0.05) is 18.6 Å². The smallest absolute Gasteiger partial charge is 0.0693 e. The first-order valence-electron chi connectivity index (χ1n) is 7.23. The molecule has 1 aliphatic heterocycles. The van der Waals surface area contributed by atoms with Gasteiger partial charge in [-0.25, -0.2) is 0 Å². The minimum atomic E-state index is -0.236. The van der Waals surface area contributed by atoms with Crippen LogP contribution in [0.25, 0.3) is 0 Å². The zero-order valence-corrected chi connectivity index (χ0v) is 12.2. The van der Waals surface area contributed by atoms with Crippen LogP contribution < -0.4 is 5.73 Å². The number of hydrogen-bond donors (Lipinski definition) is 2. The van der Waals surface area contributed by atoms with E-state index in [0.29, 0.717) is 5.92 Å². The number of rotatable bonds is 3. The lowest BCUT2D eigenvalue weighted by Crippen LogP contribution is -2.48. The van der Waals surface area contributed by atoms with Crippen LogP contribution >= 0.6 is 0 Å². The van der Waals surface area contributed by atoms with Crippen LogP contribution in [0.2, 0.25) is 0 Å². The zero-order chi connectivity index (χ0) is 14.0. The van der Waals surface area contributed by atoms with Crippen LogP contribution in [0.1, 0.15) is 37.4 Å². The lowest BCUT2D eigenvalue weighted by molar-refractivity contribution is 0.00539. The van der Waals surface area contributed by atoms with Gasteiger partial charge in [-0.2, -0.15) is 0 Å². The van der Waals surface area contributed by atoms with Crippen molar-refractivity contribution in [2.75, 3.05) is 13.1 Å². The number of aliphatic hydroxyl groups excluding tert-OH is 1. The van der Waals surface area contributed by atoms with Crippen molar-refractivity contribution in [3.05, 3.63) is 35.4 Å². The molecule has 3 N–H and O–H groups in total. The number of piperidine rings is 1. The third kappa shape index (κ3) is 3.35. The van der Waals surface area contributed by atoms with E-state index < -0.39 is 0 Å².